The van der Waals surface area contributed by atoms with Gasteiger partial charge in [-0.3, -0.25) is 9.80 Å². The molecule has 4 rings (SSSR count). The highest BCUT2D eigenvalue weighted by molar-refractivity contribution is 5.34. The minimum atomic E-state index is 0.113. The number of phenols is 1. The molecular formula is C25H34N2O. The second kappa shape index (κ2) is 7.53. The van der Waals surface area contributed by atoms with E-state index in [1.807, 2.05) is 12.1 Å². The van der Waals surface area contributed by atoms with Crippen LogP contribution in [0.3, 0.4) is 0 Å². The SMILES string of the molecule is Cc1ccc(C)c(CN2CCN3CC(C)[C@](C)(c4cccc(O)c4)CC3C2)c1. The molecule has 150 valence electrons. The first-order valence-electron chi connectivity index (χ1n) is 10.7. The van der Waals surface area contributed by atoms with Crippen molar-refractivity contribution in [3.05, 3.63) is 64.7 Å². The van der Waals surface area contributed by atoms with Gasteiger partial charge in [-0.2, -0.15) is 0 Å². The van der Waals surface area contributed by atoms with E-state index in [4.69, 9.17) is 0 Å². The third-order valence-electron chi connectivity index (χ3n) is 7.35. The van der Waals surface area contributed by atoms with Gasteiger partial charge in [0.1, 0.15) is 5.75 Å². The molecule has 2 saturated heterocycles. The highest BCUT2D eigenvalue weighted by Gasteiger charge is 2.44. The highest BCUT2D eigenvalue weighted by atomic mass is 16.3. The molecule has 3 heteroatoms. The minimum absolute atomic E-state index is 0.113. The predicted molar refractivity (Wildman–Crippen MR) is 116 cm³/mol. The molecule has 2 heterocycles. The van der Waals surface area contributed by atoms with Crippen molar-refractivity contribution in [1.82, 2.24) is 9.80 Å². The summed E-state index contributed by atoms with van der Waals surface area (Å²) in [5.41, 5.74) is 5.61. The van der Waals surface area contributed by atoms with Gasteiger partial charge in [-0.15, -0.1) is 0 Å². The Bertz CT molecular complexity index is 848. The molecule has 0 amide bonds. The largest absolute Gasteiger partial charge is 0.508 e. The summed E-state index contributed by atoms with van der Waals surface area (Å²) < 4.78 is 0. The lowest BCUT2D eigenvalue weighted by molar-refractivity contribution is -0.00562. The van der Waals surface area contributed by atoms with E-state index in [-0.39, 0.29) is 5.41 Å². The van der Waals surface area contributed by atoms with Crippen LogP contribution in [0.2, 0.25) is 0 Å². The average molecular weight is 379 g/mol. The van der Waals surface area contributed by atoms with Crippen LogP contribution < -0.4 is 0 Å². The van der Waals surface area contributed by atoms with E-state index < -0.39 is 0 Å². The van der Waals surface area contributed by atoms with Gasteiger partial charge < -0.3 is 5.11 Å². The van der Waals surface area contributed by atoms with Crippen molar-refractivity contribution in [2.75, 3.05) is 26.2 Å². The molecule has 2 unspecified atom stereocenters. The van der Waals surface area contributed by atoms with Gasteiger partial charge in [0.15, 0.2) is 0 Å². The van der Waals surface area contributed by atoms with Crippen molar-refractivity contribution in [3.8, 4) is 5.75 Å². The number of piperazine rings is 1. The fourth-order valence-corrected chi connectivity index (χ4v) is 5.25. The van der Waals surface area contributed by atoms with Crippen LogP contribution in [0.4, 0.5) is 0 Å². The number of piperidine rings is 1. The first-order valence-corrected chi connectivity index (χ1v) is 10.7. The van der Waals surface area contributed by atoms with Crippen LogP contribution in [0.15, 0.2) is 42.5 Å². The highest BCUT2D eigenvalue weighted by Crippen LogP contribution is 2.43. The van der Waals surface area contributed by atoms with Crippen LogP contribution in [-0.4, -0.2) is 47.1 Å². The summed E-state index contributed by atoms with van der Waals surface area (Å²) >= 11 is 0. The molecule has 2 aliphatic heterocycles. The van der Waals surface area contributed by atoms with Crippen molar-refractivity contribution < 1.29 is 5.11 Å². The maximum atomic E-state index is 10.0. The summed E-state index contributed by atoms with van der Waals surface area (Å²) in [6, 6.07) is 15.3. The Balaban J connectivity index is 1.51. The van der Waals surface area contributed by atoms with Crippen molar-refractivity contribution >= 4 is 0 Å². The van der Waals surface area contributed by atoms with Gasteiger partial charge in [0, 0.05) is 38.8 Å². The van der Waals surface area contributed by atoms with E-state index in [1.165, 1.54) is 22.3 Å². The molecule has 2 aromatic rings. The monoisotopic (exact) mass is 378 g/mol. The smallest absolute Gasteiger partial charge is 0.115 e. The summed E-state index contributed by atoms with van der Waals surface area (Å²) in [6.45, 7) is 14.8. The number of aromatic hydroxyl groups is 1. The Hall–Kier alpha value is -1.84. The average Bonchev–Trinajstić information content (AvgIpc) is 2.66. The van der Waals surface area contributed by atoms with Crippen LogP contribution in [0, 0.1) is 19.8 Å². The van der Waals surface area contributed by atoms with Crippen molar-refractivity contribution in [1.29, 1.82) is 0 Å². The van der Waals surface area contributed by atoms with E-state index in [0.29, 0.717) is 17.7 Å². The first-order chi connectivity index (χ1) is 13.3. The van der Waals surface area contributed by atoms with Gasteiger partial charge in [0.05, 0.1) is 0 Å². The molecule has 2 fully saturated rings. The zero-order valence-electron chi connectivity index (χ0n) is 17.8. The first kappa shape index (κ1) is 19.5. The third kappa shape index (κ3) is 3.70. The number of rotatable bonds is 3. The van der Waals surface area contributed by atoms with Gasteiger partial charge in [-0.1, -0.05) is 49.7 Å². The van der Waals surface area contributed by atoms with Gasteiger partial charge in [-0.05, 0) is 60.4 Å². The summed E-state index contributed by atoms with van der Waals surface area (Å²) in [5, 5.41) is 10.0. The molecule has 0 spiro atoms. The third-order valence-corrected chi connectivity index (χ3v) is 7.35. The van der Waals surface area contributed by atoms with E-state index in [2.05, 4.69) is 61.8 Å². The molecule has 0 aliphatic carbocycles. The van der Waals surface area contributed by atoms with E-state index in [1.54, 1.807) is 6.07 Å². The molecule has 0 radical (unpaired) electrons. The summed E-state index contributed by atoms with van der Waals surface area (Å²) in [4.78, 5) is 5.34. The minimum Gasteiger partial charge on any atom is -0.508 e. The maximum Gasteiger partial charge on any atom is 0.115 e. The molecule has 0 bridgehead atoms. The number of aryl methyl sites for hydroxylation is 2. The zero-order valence-corrected chi connectivity index (χ0v) is 17.8. The standard InChI is InChI=1S/C25H34N2O/c1-18-8-9-19(2)21(12-18)16-26-10-11-27-15-20(3)25(4,14-23(27)17-26)22-6-5-7-24(28)13-22/h5-9,12-13,20,23,28H,10-11,14-17H2,1-4H3/t20?,23?,25-/m1/s1. The van der Waals surface area contributed by atoms with E-state index in [9.17, 15) is 5.11 Å². The molecular weight excluding hydrogens is 344 g/mol. The van der Waals surface area contributed by atoms with Crippen molar-refractivity contribution in [3.63, 3.8) is 0 Å². The molecule has 2 aromatic carbocycles. The Morgan fingerprint density at radius 3 is 2.68 bits per heavy atom. The van der Waals surface area contributed by atoms with Gasteiger partial charge in [-0.25, -0.2) is 0 Å². The van der Waals surface area contributed by atoms with E-state index >= 15 is 0 Å². The number of hydrogen-bond donors (Lipinski definition) is 1. The lowest BCUT2D eigenvalue weighted by Crippen LogP contribution is -2.60. The molecule has 0 saturated carbocycles. The second-order valence-electron chi connectivity index (χ2n) is 9.39. The van der Waals surface area contributed by atoms with Gasteiger partial charge in [0.2, 0.25) is 0 Å². The Morgan fingerprint density at radius 2 is 1.89 bits per heavy atom. The number of nitrogens with zero attached hydrogens (tertiary/aromatic N) is 2. The lowest BCUT2D eigenvalue weighted by atomic mass is 9.65. The number of phenolic OH excluding ortho intramolecular Hbond substituents is 1. The van der Waals surface area contributed by atoms with Crippen molar-refractivity contribution in [2.24, 2.45) is 5.92 Å². The fraction of sp³-hybridized carbons (Fsp3) is 0.520. The number of hydrogen-bond acceptors (Lipinski definition) is 3. The molecule has 2 aliphatic rings. The normalized spacial score (nSPS) is 28.9. The van der Waals surface area contributed by atoms with E-state index in [0.717, 1.165) is 39.1 Å². The quantitative estimate of drug-likeness (QED) is 0.852. The zero-order chi connectivity index (χ0) is 19.9. The summed E-state index contributed by atoms with van der Waals surface area (Å²) in [7, 11) is 0. The maximum absolute atomic E-state index is 10.0. The molecule has 28 heavy (non-hydrogen) atoms. The summed E-state index contributed by atoms with van der Waals surface area (Å²) in [6.07, 6.45) is 1.15. The van der Waals surface area contributed by atoms with Crippen LogP contribution in [0.1, 0.15) is 42.5 Å². The van der Waals surface area contributed by atoms with Crippen LogP contribution >= 0.6 is 0 Å². The Labute approximate surface area is 170 Å². The predicted octanol–water partition coefficient (Wildman–Crippen LogP) is 4.49. The molecule has 3 nitrogen and oxygen atoms in total. The van der Waals surface area contributed by atoms with Crippen LogP contribution in [0.25, 0.3) is 0 Å². The van der Waals surface area contributed by atoms with Crippen LogP contribution in [-0.2, 0) is 12.0 Å². The van der Waals surface area contributed by atoms with Gasteiger partial charge in [0.25, 0.3) is 0 Å². The summed E-state index contributed by atoms with van der Waals surface area (Å²) in [5.74, 6) is 0.963. The fourth-order valence-electron chi connectivity index (χ4n) is 5.25. The van der Waals surface area contributed by atoms with Gasteiger partial charge >= 0.3 is 0 Å². The molecule has 0 aromatic heterocycles. The second-order valence-corrected chi connectivity index (χ2v) is 9.39. The van der Waals surface area contributed by atoms with Crippen LogP contribution in [0.5, 0.6) is 5.75 Å². The number of benzene rings is 2. The molecule has 1 N–H and O–H groups in total. The molecule has 3 atom stereocenters. The lowest BCUT2D eigenvalue weighted by Gasteiger charge is -2.53. The Morgan fingerprint density at radius 1 is 1.07 bits per heavy atom. The number of fused-ring (bicyclic) bond motifs is 1. The Kier molecular flexibility index (Phi) is 5.24. The van der Waals surface area contributed by atoms with Crippen molar-refractivity contribution in [2.45, 2.75) is 52.1 Å². The topological polar surface area (TPSA) is 26.7 Å².